The van der Waals surface area contributed by atoms with Gasteiger partial charge in [0.15, 0.2) is 5.75 Å². The fourth-order valence-corrected chi connectivity index (χ4v) is 1.01. The van der Waals surface area contributed by atoms with E-state index in [1.807, 2.05) is 0 Å². The van der Waals surface area contributed by atoms with Crippen LogP contribution in [0.15, 0.2) is 6.20 Å². The van der Waals surface area contributed by atoms with Gasteiger partial charge in [-0.25, -0.2) is 18.6 Å². The molecule has 0 atom stereocenters. The number of hydrogen-bond donors (Lipinski definition) is 2. The first-order chi connectivity index (χ1) is 6.99. The summed E-state index contributed by atoms with van der Waals surface area (Å²) in [5.41, 5.74) is 3.68. The van der Waals surface area contributed by atoms with Crippen LogP contribution in [0.3, 0.4) is 0 Å². The maximum absolute atomic E-state index is 12.3. The highest BCUT2D eigenvalue weighted by Crippen LogP contribution is 2.32. The van der Waals surface area contributed by atoms with E-state index >= 15 is 0 Å². The Hall–Kier alpha value is -1.92. The minimum atomic E-state index is -2.99. The van der Waals surface area contributed by atoms with Crippen molar-refractivity contribution in [2.45, 2.75) is 6.43 Å². The highest BCUT2D eigenvalue weighted by Gasteiger charge is 2.24. The van der Waals surface area contributed by atoms with Gasteiger partial charge in [0.25, 0.3) is 6.43 Å². The summed E-state index contributed by atoms with van der Waals surface area (Å²) in [5.74, 6) is -1.94. The smallest absolute Gasteiger partial charge is 0.343 e. The summed E-state index contributed by atoms with van der Waals surface area (Å²) in [6.07, 6.45) is -2.12. The van der Waals surface area contributed by atoms with Crippen molar-refractivity contribution < 1.29 is 23.4 Å². The van der Waals surface area contributed by atoms with E-state index in [4.69, 9.17) is 5.73 Å². The number of esters is 1. The number of anilines is 1. The summed E-state index contributed by atoms with van der Waals surface area (Å²) in [6.45, 7) is 0. The van der Waals surface area contributed by atoms with Crippen molar-refractivity contribution >= 4 is 11.7 Å². The number of hydrogen-bond acceptors (Lipinski definition) is 5. The van der Waals surface area contributed by atoms with Gasteiger partial charge in [0.05, 0.1) is 19.0 Å². The van der Waals surface area contributed by atoms with Gasteiger partial charge in [0, 0.05) is 0 Å². The van der Waals surface area contributed by atoms with Crippen molar-refractivity contribution in [2.24, 2.45) is 0 Å². The number of methoxy groups -OCH3 is 1. The molecule has 0 aliphatic rings. The van der Waals surface area contributed by atoms with Crippen LogP contribution in [0.5, 0.6) is 5.75 Å². The Kier molecular flexibility index (Phi) is 3.03. The molecule has 0 radical (unpaired) electrons. The van der Waals surface area contributed by atoms with Gasteiger partial charge < -0.3 is 15.6 Å². The van der Waals surface area contributed by atoms with Gasteiger partial charge in [-0.2, -0.15) is 0 Å². The number of ether oxygens (including phenoxy) is 1. The van der Waals surface area contributed by atoms with Crippen LogP contribution in [0.25, 0.3) is 0 Å². The van der Waals surface area contributed by atoms with Crippen molar-refractivity contribution in [1.29, 1.82) is 0 Å². The minimum Gasteiger partial charge on any atom is -0.505 e. The number of alkyl halides is 2. The molecule has 0 amide bonds. The topological polar surface area (TPSA) is 85.4 Å². The Labute approximate surface area is 83.5 Å². The molecule has 7 heteroatoms. The van der Waals surface area contributed by atoms with Gasteiger partial charge in [-0.15, -0.1) is 0 Å². The molecule has 1 rings (SSSR count). The largest absolute Gasteiger partial charge is 0.505 e. The first-order valence-electron chi connectivity index (χ1n) is 3.82. The fourth-order valence-electron chi connectivity index (χ4n) is 1.01. The Morgan fingerprint density at radius 1 is 1.67 bits per heavy atom. The number of halogens is 2. The highest BCUT2D eigenvalue weighted by molar-refractivity contribution is 5.98. The lowest BCUT2D eigenvalue weighted by Gasteiger charge is -2.08. The van der Waals surface area contributed by atoms with Crippen LogP contribution in [0.4, 0.5) is 14.5 Å². The van der Waals surface area contributed by atoms with Gasteiger partial charge in [-0.05, 0) is 0 Å². The third-order valence-corrected chi connectivity index (χ3v) is 1.71. The molecule has 15 heavy (non-hydrogen) atoms. The molecular formula is C8H8F2N2O3. The summed E-state index contributed by atoms with van der Waals surface area (Å²) in [7, 11) is 1.05. The molecule has 0 aliphatic carbocycles. The summed E-state index contributed by atoms with van der Waals surface area (Å²) in [6, 6.07) is 0. The predicted octanol–water partition coefficient (Wildman–Crippen LogP) is 1.09. The number of nitrogen functional groups attached to an aromatic ring is 1. The molecule has 1 aromatic rings. The number of aromatic hydroxyl groups is 1. The summed E-state index contributed by atoms with van der Waals surface area (Å²) >= 11 is 0. The van der Waals surface area contributed by atoms with Crippen LogP contribution < -0.4 is 5.73 Å². The Bertz CT molecular complexity index is 396. The highest BCUT2D eigenvalue weighted by atomic mass is 19.3. The molecule has 1 aromatic heterocycles. The maximum Gasteiger partial charge on any atom is 0.343 e. The van der Waals surface area contributed by atoms with E-state index in [2.05, 4.69) is 9.72 Å². The van der Waals surface area contributed by atoms with E-state index in [1.165, 1.54) is 0 Å². The lowest BCUT2D eigenvalue weighted by molar-refractivity contribution is 0.0597. The monoisotopic (exact) mass is 218 g/mol. The Morgan fingerprint density at radius 3 is 2.73 bits per heavy atom. The molecule has 5 nitrogen and oxygen atoms in total. The van der Waals surface area contributed by atoms with Crippen LogP contribution in [-0.4, -0.2) is 23.2 Å². The van der Waals surface area contributed by atoms with Gasteiger partial charge in [0.2, 0.25) is 0 Å². The van der Waals surface area contributed by atoms with E-state index in [9.17, 15) is 18.7 Å². The lowest BCUT2D eigenvalue weighted by atomic mass is 10.1. The van der Waals surface area contributed by atoms with Crippen molar-refractivity contribution in [3.63, 3.8) is 0 Å². The van der Waals surface area contributed by atoms with E-state index < -0.39 is 29.4 Å². The number of carbonyl (C=O) groups is 1. The summed E-state index contributed by atoms with van der Waals surface area (Å²) in [5, 5.41) is 9.32. The quantitative estimate of drug-likeness (QED) is 0.726. The molecule has 0 fully saturated rings. The van der Waals surface area contributed by atoms with Crippen LogP contribution >= 0.6 is 0 Å². The molecule has 1 heterocycles. The average molecular weight is 218 g/mol. The van der Waals surface area contributed by atoms with E-state index in [-0.39, 0.29) is 5.69 Å². The second-order valence-corrected chi connectivity index (χ2v) is 2.61. The van der Waals surface area contributed by atoms with E-state index in [0.29, 0.717) is 0 Å². The van der Waals surface area contributed by atoms with Gasteiger partial charge in [-0.1, -0.05) is 0 Å². The Morgan fingerprint density at radius 2 is 2.27 bits per heavy atom. The van der Waals surface area contributed by atoms with Crippen molar-refractivity contribution in [3.05, 3.63) is 17.5 Å². The van der Waals surface area contributed by atoms with E-state index in [1.54, 1.807) is 0 Å². The zero-order chi connectivity index (χ0) is 11.6. The molecule has 0 unspecified atom stereocenters. The number of nitrogens with two attached hydrogens (primary N) is 1. The van der Waals surface area contributed by atoms with Crippen molar-refractivity contribution in [1.82, 2.24) is 4.98 Å². The van der Waals surface area contributed by atoms with Gasteiger partial charge in [0.1, 0.15) is 11.3 Å². The molecule has 0 saturated carbocycles. The van der Waals surface area contributed by atoms with Crippen LogP contribution in [-0.2, 0) is 4.74 Å². The standard InChI is InChI=1S/C8H8F2N2O3/c1-15-8(14)4-3(11)2-12-5(6(4)13)7(9)10/h2,7,13H,11H2,1H3. The number of rotatable bonds is 2. The first-order valence-corrected chi connectivity index (χ1v) is 3.82. The lowest BCUT2D eigenvalue weighted by Crippen LogP contribution is -2.08. The number of pyridine rings is 1. The second-order valence-electron chi connectivity index (χ2n) is 2.61. The van der Waals surface area contributed by atoms with E-state index in [0.717, 1.165) is 13.3 Å². The van der Waals surface area contributed by atoms with Gasteiger partial charge >= 0.3 is 5.97 Å². The molecule has 0 spiro atoms. The fraction of sp³-hybridized carbons (Fsp3) is 0.250. The van der Waals surface area contributed by atoms with Crippen LogP contribution in [0.1, 0.15) is 22.5 Å². The van der Waals surface area contributed by atoms with Gasteiger partial charge in [-0.3, -0.25) is 0 Å². The summed E-state index contributed by atoms with van der Waals surface area (Å²) < 4.78 is 28.9. The van der Waals surface area contributed by atoms with Crippen molar-refractivity contribution in [2.75, 3.05) is 12.8 Å². The molecule has 0 aromatic carbocycles. The minimum absolute atomic E-state index is 0.219. The molecule has 82 valence electrons. The average Bonchev–Trinajstić information content (AvgIpc) is 2.16. The Balaban J connectivity index is 3.36. The number of carbonyl (C=O) groups excluding carboxylic acids is 1. The first kappa shape index (κ1) is 11.2. The normalized spacial score (nSPS) is 10.4. The third-order valence-electron chi connectivity index (χ3n) is 1.71. The molecular weight excluding hydrogens is 210 g/mol. The third kappa shape index (κ3) is 1.95. The zero-order valence-corrected chi connectivity index (χ0v) is 7.70. The second kappa shape index (κ2) is 4.07. The van der Waals surface area contributed by atoms with Crippen molar-refractivity contribution in [3.8, 4) is 5.75 Å². The molecule has 3 N–H and O–H groups in total. The SMILES string of the molecule is COC(=O)c1c(N)cnc(C(F)F)c1O. The van der Waals surface area contributed by atoms with Crippen LogP contribution in [0.2, 0.25) is 0 Å². The molecule has 0 saturated heterocycles. The number of nitrogens with zero attached hydrogens (tertiary/aromatic N) is 1. The maximum atomic E-state index is 12.3. The zero-order valence-electron chi connectivity index (χ0n) is 7.70. The van der Waals surface area contributed by atoms with Crippen LogP contribution in [0, 0.1) is 0 Å². The predicted molar refractivity (Wildman–Crippen MR) is 46.6 cm³/mol. The summed E-state index contributed by atoms with van der Waals surface area (Å²) in [4.78, 5) is 14.3. The molecule has 0 bridgehead atoms. The molecule has 0 aliphatic heterocycles. The number of aromatic nitrogens is 1.